The molecule has 0 amide bonds. The van der Waals surface area contributed by atoms with E-state index < -0.39 is 6.56 Å². The van der Waals surface area contributed by atoms with Crippen molar-refractivity contribution >= 4 is 5.78 Å². The van der Waals surface area contributed by atoms with Crippen LogP contribution >= 0.6 is 0 Å². The molecule has 0 aromatic rings. The number of Topliss-reactive ketones (excluding diaryl/α,β-unsaturated/α-hetero) is 1. The highest BCUT2D eigenvalue weighted by molar-refractivity contribution is 5.96. The van der Waals surface area contributed by atoms with Gasteiger partial charge in [0.25, 0.3) is 0 Å². The monoisotopic (exact) mass is 366 g/mol. The number of carbonyl (C=O) groups is 1. The van der Waals surface area contributed by atoms with E-state index in [0.717, 1.165) is 44.1 Å². The summed E-state index contributed by atoms with van der Waals surface area (Å²) in [6, 6.07) is 0. The maximum Gasteiger partial charge on any atom is 0.158 e. The van der Waals surface area contributed by atoms with E-state index in [4.69, 9.17) is 7.85 Å². The Morgan fingerprint density at radius 2 is 1.27 bits per heavy atom. The third kappa shape index (κ3) is 9.35. The van der Waals surface area contributed by atoms with E-state index in [1.54, 1.807) is 0 Å². The van der Waals surface area contributed by atoms with Crippen LogP contribution in [0.4, 0.5) is 0 Å². The molecule has 0 radical (unpaired) electrons. The average molecular weight is 367 g/mol. The zero-order valence-corrected chi connectivity index (χ0v) is 17.7. The van der Waals surface area contributed by atoms with Crippen molar-refractivity contribution < 1.29 is 12.6 Å². The second-order valence-corrected chi connectivity index (χ2v) is 8.81. The number of aliphatic hydroxyl groups is 1. The minimum absolute atomic E-state index is 0.210. The molecule has 0 bridgehead atoms. The summed E-state index contributed by atoms with van der Waals surface area (Å²) in [5.74, 6) is 0.364. The Kier molecular flexibility index (Phi) is 10.5. The maximum atomic E-state index is 12.0. The quantitative estimate of drug-likeness (QED) is 0.312. The Labute approximate surface area is 165 Å². The molecule has 1 N–H and O–H groups in total. The number of allylic oxidation sites excluding steroid dienone is 2. The molecular weight excluding hydrogens is 320 g/mol. The lowest BCUT2D eigenvalue weighted by Crippen LogP contribution is -2.25. The lowest BCUT2D eigenvalue weighted by atomic mass is 9.70. The van der Waals surface area contributed by atoms with Gasteiger partial charge in [-0.1, -0.05) is 90.0 Å². The lowest BCUT2D eigenvalue weighted by molar-refractivity contribution is -0.116. The summed E-state index contributed by atoms with van der Waals surface area (Å²) in [5, 5.41) is 9.02. The van der Waals surface area contributed by atoms with Crippen molar-refractivity contribution in [3.63, 3.8) is 0 Å². The van der Waals surface area contributed by atoms with Gasteiger partial charge >= 0.3 is 0 Å². The second kappa shape index (κ2) is 13.5. The van der Waals surface area contributed by atoms with Crippen LogP contribution in [0, 0.1) is 5.41 Å². The topological polar surface area (TPSA) is 37.3 Å². The molecule has 0 heterocycles. The van der Waals surface area contributed by atoms with Gasteiger partial charge < -0.3 is 5.11 Å². The van der Waals surface area contributed by atoms with Crippen molar-refractivity contribution in [3.8, 4) is 0 Å². The molecule has 0 saturated carbocycles. The average Bonchev–Trinajstić information content (AvgIpc) is 2.60. The molecule has 1 rings (SSSR count). The fourth-order valence-corrected chi connectivity index (χ4v) is 4.24. The molecule has 26 heavy (non-hydrogen) atoms. The van der Waals surface area contributed by atoms with Crippen molar-refractivity contribution in [1.29, 1.82) is 0 Å². The summed E-state index contributed by atoms with van der Waals surface area (Å²) in [4.78, 5) is 12.0. The minimum atomic E-state index is -1.99. The lowest BCUT2D eigenvalue weighted by Gasteiger charge is -2.34. The molecule has 0 atom stereocenters. The SMILES string of the molecule is [2H]C([2H])(O)CCCCCCCCCCCCCCC1=C(C)C(=O)CCC1(C)C. The summed E-state index contributed by atoms with van der Waals surface area (Å²) in [6.45, 7) is 4.63. The van der Waals surface area contributed by atoms with Gasteiger partial charge in [-0.3, -0.25) is 4.79 Å². The van der Waals surface area contributed by atoms with Gasteiger partial charge in [0.2, 0.25) is 0 Å². The number of ketones is 1. The van der Waals surface area contributed by atoms with Gasteiger partial charge in [-0.15, -0.1) is 0 Å². The Bertz CT molecular complexity index is 489. The molecular formula is C24H44O2. The van der Waals surface area contributed by atoms with Crippen LogP contribution in [0.1, 0.15) is 126 Å². The van der Waals surface area contributed by atoms with E-state index in [1.165, 1.54) is 63.4 Å². The molecule has 0 saturated heterocycles. The number of unbranched alkanes of at least 4 members (excludes halogenated alkanes) is 11. The molecule has 0 unspecified atom stereocenters. The summed E-state index contributed by atoms with van der Waals surface area (Å²) >= 11 is 0. The van der Waals surface area contributed by atoms with Crippen LogP contribution < -0.4 is 0 Å². The van der Waals surface area contributed by atoms with E-state index in [1.807, 2.05) is 6.92 Å². The van der Waals surface area contributed by atoms with Gasteiger partial charge in [0.05, 0.1) is 2.74 Å². The van der Waals surface area contributed by atoms with Crippen LogP contribution in [0.5, 0.6) is 0 Å². The Morgan fingerprint density at radius 3 is 1.73 bits per heavy atom. The normalized spacial score (nSPS) is 18.8. The smallest absolute Gasteiger partial charge is 0.158 e. The van der Waals surface area contributed by atoms with Crippen molar-refractivity contribution in [2.45, 2.75) is 124 Å². The fraction of sp³-hybridized carbons (Fsp3) is 0.875. The first-order valence-electron chi connectivity index (χ1n) is 12.1. The predicted molar refractivity (Wildman–Crippen MR) is 112 cm³/mol. The van der Waals surface area contributed by atoms with Gasteiger partial charge in [-0.2, -0.15) is 0 Å². The van der Waals surface area contributed by atoms with Crippen LogP contribution in [0.25, 0.3) is 0 Å². The van der Waals surface area contributed by atoms with Crippen molar-refractivity contribution in [3.05, 3.63) is 11.1 Å². The Hall–Kier alpha value is -0.630. The molecule has 0 spiro atoms. The summed E-state index contributed by atoms with van der Waals surface area (Å²) in [5.41, 5.74) is 2.67. The highest BCUT2D eigenvalue weighted by Gasteiger charge is 2.31. The summed E-state index contributed by atoms with van der Waals surface area (Å²) < 4.78 is 14.2. The van der Waals surface area contributed by atoms with Gasteiger partial charge in [0, 0.05) is 13.0 Å². The molecule has 0 aromatic carbocycles. The first-order chi connectivity index (χ1) is 13.1. The number of hydrogen-bond donors (Lipinski definition) is 1. The number of carbonyl (C=O) groups excluding carboxylic acids is 1. The van der Waals surface area contributed by atoms with Gasteiger partial charge in [-0.05, 0) is 43.6 Å². The number of hydrogen-bond acceptors (Lipinski definition) is 2. The van der Waals surface area contributed by atoms with E-state index in [2.05, 4.69) is 13.8 Å². The third-order valence-corrected chi connectivity index (χ3v) is 6.13. The van der Waals surface area contributed by atoms with Crippen LogP contribution in [0.15, 0.2) is 11.1 Å². The van der Waals surface area contributed by atoms with Gasteiger partial charge in [-0.25, -0.2) is 0 Å². The van der Waals surface area contributed by atoms with E-state index in [9.17, 15) is 4.79 Å². The van der Waals surface area contributed by atoms with E-state index >= 15 is 0 Å². The molecule has 2 heteroatoms. The van der Waals surface area contributed by atoms with Crippen molar-refractivity contribution in [1.82, 2.24) is 0 Å². The van der Waals surface area contributed by atoms with Crippen LogP contribution in [0.2, 0.25) is 0 Å². The zero-order valence-electron chi connectivity index (χ0n) is 19.7. The van der Waals surface area contributed by atoms with Crippen molar-refractivity contribution in [2.75, 3.05) is 6.56 Å². The molecule has 2 nitrogen and oxygen atoms in total. The molecule has 0 aromatic heterocycles. The highest BCUT2D eigenvalue weighted by atomic mass is 16.2. The summed E-state index contributed by atoms with van der Waals surface area (Å²) in [6.07, 6.45) is 17.7. The van der Waals surface area contributed by atoms with Crippen molar-refractivity contribution in [2.24, 2.45) is 5.41 Å². The van der Waals surface area contributed by atoms with Crippen LogP contribution in [-0.4, -0.2) is 17.4 Å². The van der Waals surface area contributed by atoms with E-state index in [-0.39, 0.29) is 11.8 Å². The van der Waals surface area contributed by atoms with E-state index in [0.29, 0.717) is 5.78 Å². The number of rotatable bonds is 15. The molecule has 1 aliphatic rings. The standard InChI is InChI=1S/C24H44O2/c1-21-22(24(2,3)19-18-23(21)26)17-15-13-11-9-7-5-4-6-8-10-12-14-16-20-25/h25H,4-20H2,1-3H3/i20D2. The molecule has 0 fully saturated rings. The van der Waals surface area contributed by atoms with Gasteiger partial charge in [0.15, 0.2) is 5.78 Å². The third-order valence-electron chi connectivity index (χ3n) is 6.13. The largest absolute Gasteiger partial charge is 0.396 e. The van der Waals surface area contributed by atoms with Gasteiger partial charge in [0.1, 0.15) is 0 Å². The molecule has 1 aliphatic carbocycles. The second-order valence-electron chi connectivity index (χ2n) is 8.81. The molecule has 0 aliphatic heterocycles. The maximum absolute atomic E-state index is 12.0. The zero-order chi connectivity index (χ0) is 21.0. The Balaban J connectivity index is 1.94. The predicted octanol–water partition coefficient (Wildman–Crippen LogP) is 7.15. The summed E-state index contributed by atoms with van der Waals surface area (Å²) in [7, 11) is 0. The molecule has 152 valence electrons. The first-order valence-corrected chi connectivity index (χ1v) is 11.1. The Morgan fingerprint density at radius 1 is 0.846 bits per heavy atom. The van der Waals surface area contributed by atoms with Crippen LogP contribution in [-0.2, 0) is 4.79 Å². The minimum Gasteiger partial charge on any atom is -0.396 e. The highest BCUT2D eigenvalue weighted by Crippen LogP contribution is 2.41. The fourth-order valence-electron chi connectivity index (χ4n) is 4.24. The first kappa shape index (κ1) is 20.1. The van der Waals surface area contributed by atoms with Crippen LogP contribution in [0.3, 0.4) is 0 Å².